The van der Waals surface area contributed by atoms with E-state index < -0.39 is 0 Å². The molecule has 0 radical (unpaired) electrons. The van der Waals surface area contributed by atoms with Crippen LogP contribution in [0, 0.1) is 5.41 Å². The molecule has 1 aliphatic rings. The Morgan fingerprint density at radius 2 is 1.88 bits per heavy atom. The summed E-state index contributed by atoms with van der Waals surface area (Å²) in [5, 5.41) is 2.49. The minimum Gasteiger partial charge on any atom is -0.346 e. The lowest BCUT2D eigenvalue weighted by molar-refractivity contribution is -0.134. The third-order valence-electron chi connectivity index (χ3n) is 3.09. The lowest BCUT2D eigenvalue weighted by atomic mass is 9.83. The molecule has 3 N–H and O–H groups in total. The summed E-state index contributed by atoms with van der Waals surface area (Å²) >= 11 is 0. The number of rotatable bonds is 3. The van der Waals surface area contributed by atoms with Crippen LogP contribution in [0.1, 0.15) is 26.7 Å². The molecule has 1 aliphatic heterocycles. The normalized spacial score (nSPS) is 19.3. The first kappa shape index (κ1) is 13.0. The Labute approximate surface area is 96.4 Å². The summed E-state index contributed by atoms with van der Waals surface area (Å²) in [6.07, 6.45) is 2.03. The van der Waals surface area contributed by atoms with Gasteiger partial charge in [0.1, 0.15) is 0 Å². The summed E-state index contributed by atoms with van der Waals surface area (Å²) in [5.41, 5.74) is 5.47. The maximum absolute atomic E-state index is 11.7. The van der Waals surface area contributed by atoms with E-state index in [1.165, 1.54) is 0 Å². The number of nitrogens with one attached hydrogen (secondary N) is 1. The third kappa shape index (κ3) is 3.81. The lowest BCUT2D eigenvalue weighted by Crippen LogP contribution is -2.46. The van der Waals surface area contributed by atoms with Crippen molar-refractivity contribution in [3.8, 4) is 0 Å². The second-order valence-electron chi connectivity index (χ2n) is 5.03. The topological polar surface area (TPSA) is 75.4 Å². The van der Waals surface area contributed by atoms with Crippen LogP contribution in [-0.2, 0) is 9.59 Å². The number of amides is 2. The molecular weight excluding hydrogens is 206 g/mol. The molecule has 0 aromatic carbocycles. The standard InChI is InChI=1S/C11H21N3O2/c1-11(2)3-5-14(6-4-11)10(16)8-13-9(15)7-12/h3-8,12H2,1-2H3,(H,13,15). The number of hydrogen-bond donors (Lipinski definition) is 2. The van der Waals surface area contributed by atoms with Crippen molar-refractivity contribution >= 4 is 11.8 Å². The highest BCUT2D eigenvalue weighted by molar-refractivity contribution is 5.85. The zero-order valence-corrected chi connectivity index (χ0v) is 10.1. The fraction of sp³-hybridized carbons (Fsp3) is 0.818. The third-order valence-corrected chi connectivity index (χ3v) is 3.09. The molecule has 1 fully saturated rings. The molecule has 1 saturated heterocycles. The van der Waals surface area contributed by atoms with E-state index in [-0.39, 0.29) is 24.9 Å². The first-order chi connectivity index (χ1) is 7.44. The van der Waals surface area contributed by atoms with Crippen LogP contribution in [0.15, 0.2) is 0 Å². The Balaban J connectivity index is 2.31. The van der Waals surface area contributed by atoms with Crippen molar-refractivity contribution in [2.45, 2.75) is 26.7 Å². The Hall–Kier alpha value is -1.10. The molecule has 0 spiro atoms. The van der Waals surface area contributed by atoms with E-state index in [0.29, 0.717) is 5.41 Å². The molecule has 0 unspecified atom stereocenters. The van der Waals surface area contributed by atoms with Crippen molar-refractivity contribution in [1.29, 1.82) is 0 Å². The van der Waals surface area contributed by atoms with Crippen molar-refractivity contribution < 1.29 is 9.59 Å². The van der Waals surface area contributed by atoms with Crippen molar-refractivity contribution in [2.75, 3.05) is 26.2 Å². The van der Waals surface area contributed by atoms with Crippen LogP contribution in [0.25, 0.3) is 0 Å². The van der Waals surface area contributed by atoms with Crippen molar-refractivity contribution in [3.63, 3.8) is 0 Å². The van der Waals surface area contributed by atoms with Crippen molar-refractivity contribution in [1.82, 2.24) is 10.2 Å². The van der Waals surface area contributed by atoms with Gasteiger partial charge < -0.3 is 16.0 Å². The van der Waals surface area contributed by atoms with Gasteiger partial charge in [-0.15, -0.1) is 0 Å². The number of piperidine rings is 1. The monoisotopic (exact) mass is 227 g/mol. The molecule has 0 bridgehead atoms. The zero-order valence-electron chi connectivity index (χ0n) is 10.1. The highest BCUT2D eigenvalue weighted by atomic mass is 16.2. The van der Waals surface area contributed by atoms with Gasteiger partial charge in [0.2, 0.25) is 11.8 Å². The lowest BCUT2D eigenvalue weighted by Gasteiger charge is -2.36. The zero-order chi connectivity index (χ0) is 12.2. The fourth-order valence-corrected chi connectivity index (χ4v) is 1.72. The molecule has 0 aromatic rings. The number of hydrogen-bond acceptors (Lipinski definition) is 3. The average molecular weight is 227 g/mol. The summed E-state index contributed by atoms with van der Waals surface area (Å²) < 4.78 is 0. The van der Waals surface area contributed by atoms with Gasteiger partial charge in [0.05, 0.1) is 13.1 Å². The molecule has 5 heteroatoms. The fourth-order valence-electron chi connectivity index (χ4n) is 1.72. The smallest absolute Gasteiger partial charge is 0.241 e. The van der Waals surface area contributed by atoms with E-state index >= 15 is 0 Å². The highest BCUT2D eigenvalue weighted by Crippen LogP contribution is 2.29. The molecule has 0 aliphatic carbocycles. The first-order valence-electron chi connectivity index (χ1n) is 5.69. The summed E-state index contributed by atoms with van der Waals surface area (Å²) in [6.45, 7) is 5.99. The second-order valence-corrected chi connectivity index (χ2v) is 5.03. The molecule has 1 rings (SSSR count). The maximum atomic E-state index is 11.7. The van der Waals surface area contributed by atoms with Crippen LogP contribution in [0.2, 0.25) is 0 Å². The maximum Gasteiger partial charge on any atom is 0.241 e. The van der Waals surface area contributed by atoms with Crippen LogP contribution in [0.3, 0.4) is 0 Å². The van der Waals surface area contributed by atoms with Crippen LogP contribution < -0.4 is 11.1 Å². The summed E-state index contributed by atoms with van der Waals surface area (Å²) in [4.78, 5) is 24.4. The quantitative estimate of drug-likeness (QED) is 0.695. The molecule has 92 valence electrons. The van der Waals surface area contributed by atoms with E-state index in [1.807, 2.05) is 4.90 Å². The van der Waals surface area contributed by atoms with Gasteiger partial charge in [-0.1, -0.05) is 13.8 Å². The largest absolute Gasteiger partial charge is 0.346 e. The van der Waals surface area contributed by atoms with Gasteiger partial charge in [-0.3, -0.25) is 9.59 Å². The summed E-state index contributed by atoms with van der Waals surface area (Å²) in [7, 11) is 0. The van der Waals surface area contributed by atoms with Crippen LogP contribution >= 0.6 is 0 Å². The molecule has 0 saturated carbocycles. The van der Waals surface area contributed by atoms with Crippen LogP contribution in [0.5, 0.6) is 0 Å². The summed E-state index contributed by atoms with van der Waals surface area (Å²) in [6, 6.07) is 0. The van der Waals surface area contributed by atoms with Gasteiger partial charge in [0, 0.05) is 13.1 Å². The molecule has 0 atom stereocenters. The second kappa shape index (κ2) is 5.30. The molecule has 1 heterocycles. The molecule has 2 amide bonds. The van der Waals surface area contributed by atoms with Gasteiger partial charge >= 0.3 is 0 Å². The van der Waals surface area contributed by atoms with Gasteiger partial charge in [-0.25, -0.2) is 0 Å². The van der Waals surface area contributed by atoms with Crippen LogP contribution in [-0.4, -0.2) is 42.9 Å². The van der Waals surface area contributed by atoms with Gasteiger partial charge in [-0.2, -0.15) is 0 Å². The van der Waals surface area contributed by atoms with Gasteiger partial charge in [-0.05, 0) is 18.3 Å². The van der Waals surface area contributed by atoms with Crippen LogP contribution in [0.4, 0.5) is 0 Å². The Morgan fingerprint density at radius 1 is 1.31 bits per heavy atom. The SMILES string of the molecule is CC1(C)CCN(C(=O)CNC(=O)CN)CC1. The summed E-state index contributed by atoms with van der Waals surface area (Å²) in [5.74, 6) is -0.303. The number of carbonyl (C=O) groups excluding carboxylic acids is 2. The molecule has 5 nitrogen and oxygen atoms in total. The number of nitrogens with zero attached hydrogens (tertiary/aromatic N) is 1. The van der Waals surface area contributed by atoms with Crippen molar-refractivity contribution in [2.24, 2.45) is 11.1 Å². The number of likely N-dealkylation sites (tertiary alicyclic amines) is 1. The molecule has 16 heavy (non-hydrogen) atoms. The minimum absolute atomic E-state index is 0.0164. The number of nitrogens with two attached hydrogens (primary N) is 1. The highest BCUT2D eigenvalue weighted by Gasteiger charge is 2.27. The average Bonchev–Trinajstić information content (AvgIpc) is 2.25. The molecular formula is C11H21N3O2. The van der Waals surface area contributed by atoms with Crippen molar-refractivity contribution in [3.05, 3.63) is 0 Å². The van der Waals surface area contributed by atoms with Gasteiger partial charge in [0.15, 0.2) is 0 Å². The Morgan fingerprint density at radius 3 is 2.38 bits per heavy atom. The molecule has 0 aromatic heterocycles. The Kier molecular flexibility index (Phi) is 4.29. The number of carbonyl (C=O) groups is 2. The first-order valence-corrected chi connectivity index (χ1v) is 5.69. The van der Waals surface area contributed by atoms with E-state index in [9.17, 15) is 9.59 Å². The predicted octanol–water partition coefficient (Wildman–Crippen LogP) is -0.290. The Bertz CT molecular complexity index is 266. The predicted molar refractivity (Wildman–Crippen MR) is 61.7 cm³/mol. The van der Waals surface area contributed by atoms with E-state index in [4.69, 9.17) is 5.73 Å². The van der Waals surface area contributed by atoms with Gasteiger partial charge in [0.25, 0.3) is 0 Å². The van der Waals surface area contributed by atoms with E-state index in [2.05, 4.69) is 19.2 Å². The van der Waals surface area contributed by atoms with E-state index in [0.717, 1.165) is 25.9 Å². The van der Waals surface area contributed by atoms with E-state index in [1.54, 1.807) is 0 Å². The minimum atomic E-state index is -0.286.